The van der Waals surface area contributed by atoms with E-state index in [9.17, 15) is 32.3 Å². The number of nitrogens with zero attached hydrogens (tertiary/aromatic N) is 1. The predicted octanol–water partition coefficient (Wildman–Crippen LogP) is 8.09. The van der Waals surface area contributed by atoms with Crippen molar-refractivity contribution in [2.24, 2.45) is 0 Å². The van der Waals surface area contributed by atoms with Crippen LogP contribution in [-0.4, -0.2) is 40.1 Å². The number of halogens is 4. The molecule has 0 unspecified atom stereocenters. The molecule has 0 aliphatic carbocycles. The number of hydrogen-bond donors (Lipinski definition) is 2. The van der Waals surface area contributed by atoms with Crippen LogP contribution in [0, 0.1) is 5.82 Å². The summed E-state index contributed by atoms with van der Waals surface area (Å²) in [6.07, 6.45) is -2.67. The minimum Gasteiger partial charge on any atom is -0.489 e. The van der Waals surface area contributed by atoms with Crippen molar-refractivity contribution < 1.29 is 42.1 Å². The first-order valence-corrected chi connectivity index (χ1v) is 14.4. The van der Waals surface area contributed by atoms with Gasteiger partial charge < -0.3 is 14.9 Å². The molecule has 2 N–H and O–H groups in total. The largest absolute Gasteiger partial charge is 0.489 e. The molecule has 0 aliphatic rings. The second-order valence-electron chi connectivity index (χ2n) is 10.7. The van der Waals surface area contributed by atoms with Crippen LogP contribution in [0.15, 0.2) is 91.0 Å². The van der Waals surface area contributed by atoms with Crippen LogP contribution in [0.4, 0.5) is 17.6 Å². The van der Waals surface area contributed by atoms with E-state index in [1.807, 2.05) is 0 Å². The van der Waals surface area contributed by atoms with Crippen LogP contribution in [0.3, 0.4) is 0 Å². The number of carboxylic acids is 2. The van der Waals surface area contributed by atoms with Crippen LogP contribution in [0.5, 0.6) is 5.75 Å². The van der Waals surface area contributed by atoms with E-state index in [0.29, 0.717) is 50.2 Å². The van der Waals surface area contributed by atoms with Gasteiger partial charge >= 0.3 is 18.1 Å². The number of carbonyl (C=O) groups is 2. The molecule has 0 spiro atoms. The maximum absolute atomic E-state index is 14.3. The first kappa shape index (κ1) is 33.2. The first-order valence-electron chi connectivity index (χ1n) is 14.4. The highest BCUT2D eigenvalue weighted by atomic mass is 19.4. The maximum Gasteiger partial charge on any atom is 0.416 e. The molecule has 236 valence electrons. The van der Waals surface area contributed by atoms with Gasteiger partial charge in [0.05, 0.1) is 11.1 Å². The number of benzene rings is 4. The van der Waals surface area contributed by atoms with E-state index in [-0.39, 0.29) is 24.4 Å². The van der Waals surface area contributed by atoms with Crippen molar-refractivity contribution in [1.29, 1.82) is 0 Å². The highest BCUT2D eigenvalue weighted by Gasteiger charge is 2.30. The van der Waals surface area contributed by atoms with Crippen LogP contribution < -0.4 is 4.74 Å². The highest BCUT2D eigenvalue weighted by Crippen LogP contribution is 2.31. The third-order valence-electron chi connectivity index (χ3n) is 7.38. The number of hydrogen-bond acceptors (Lipinski definition) is 4. The van der Waals surface area contributed by atoms with Crippen LogP contribution in [0.25, 0.3) is 11.1 Å². The van der Waals surface area contributed by atoms with Gasteiger partial charge in [0.2, 0.25) is 0 Å². The molecular formula is C35H33F4NO5. The Morgan fingerprint density at radius 2 is 1.40 bits per heavy atom. The van der Waals surface area contributed by atoms with Crippen molar-refractivity contribution in [2.45, 2.75) is 45.0 Å². The SMILES string of the molecule is O=C(O)CCCCN(CCc1cc(F)ccc1COc1ccc(-c2ccc(C(F)(F)F)cc2)cc1)Cc1ccc(C(=O)O)cc1. The van der Waals surface area contributed by atoms with E-state index in [1.54, 1.807) is 54.6 Å². The van der Waals surface area contributed by atoms with Crippen LogP contribution in [0.1, 0.15) is 51.9 Å². The Kier molecular flexibility index (Phi) is 11.3. The number of ether oxygens (including phenoxy) is 1. The van der Waals surface area contributed by atoms with Crippen LogP contribution in [0.2, 0.25) is 0 Å². The topological polar surface area (TPSA) is 87.1 Å². The van der Waals surface area contributed by atoms with E-state index in [2.05, 4.69) is 4.90 Å². The Bertz CT molecular complexity index is 1570. The quantitative estimate of drug-likeness (QED) is 0.103. The summed E-state index contributed by atoms with van der Waals surface area (Å²) in [5, 5.41) is 18.2. The Labute approximate surface area is 258 Å². The molecule has 0 aromatic heterocycles. The van der Waals surface area contributed by atoms with Crippen molar-refractivity contribution in [2.75, 3.05) is 13.1 Å². The third kappa shape index (κ3) is 10.2. The molecular weight excluding hydrogens is 590 g/mol. The number of unbranched alkanes of at least 4 members (excludes halogenated alkanes) is 1. The maximum atomic E-state index is 14.3. The summed E-state index contributed by atoms with van der Waals surface area (Å²) < 4.78 is 58.9. The Morgan fingerprint density at radius 3 is 2.00 bits per heavy atom. The summed E-state index contributed by atoms with van der Waals surface area (Å²) >= 11 is 0. The van der Waals surface area contributed by atoms with Gasteiger partial charge in [-0.2, -0.15) is 13.2 Å². The summed E-state index contributed by atoms with van der Waals surface area (Å²) in [6, 6.07) is 23.0. The Hall–Kier alpha value is -4.70. The van der Waals surface area contributed by atoms with Gasteiger partial charge in [-0.15, -0.1) is 0 Å². The second-order valence-corrected chi connectivity index (χ2v) is 10.7. The smallest absolute Gasteiger partial charge is 0.416 e. The average molecular weight is 624 g/mol. The summed E-state index contributed by atoms with van der Waals surface area (Å²) in [6.45, 7) is 1.84. The molecule has 45 heavy (non-hydrogen) atoms. The number of aromatic carboxylic acids is 1. The summed E-state index contributed by atoms with van der Waals surface area (Å²) in [5.74, 6) is -1.70. The first-order chi connectivity index (χ1) is 21.5. The average Bonchev–Trinajstić information content (AvgIpc) is 3.01. The number of alkyl halides is 3. The molecule has 4 rings (SSSR count). The zero-order chi connectivity index (χ0) is 32.4. The van der Waals surface area contributed by atoms with Crippen molar-refractivity contribution in [3.63, 3.8) is 0 Å². The molecule has 0 saturated carbocycles. The minimum absolute atomic E-state index is 0.0673. The van der Waals surface area contributed by atoms with Gasteiger partial charge in [-0.3, -0.25) is 9.69 Å². The van der Waals surface area contributed by atoms with E-state index in [4.69, 9.17) is 9.84 Å². The number of rotatable bonds is 15. The number of carboxylic acid groups (broad SMARTS) is 2. The number of aliphatic carboxylic acids is 1. The summed E-state index contributed by atoms with van der Waals surface area (Å²) in [4.78, 5) is 24.3. The van der Waals surface area contributed by atoms with Crippen molar-refractivity contribution in [3.8, 4) is 16.9 Å². The van der Waals surface area contributed by atoms with E-state index in [1.165, 1.54) is 24.3 Å². The fourth-order valence-corrected chi connectivity index (χ4v) is 4.90. The fraction of sp³-hybridized carbons (Fsp3) is 0.257. The normalized spacial score (nSPS) is 11.5. The molecule has 0 aliphatic heterocycles. The molecule has 6 nitrogen and oxygen atoms in total. The van der Waals surface area contributed by atoms with Crippen molar-refractivity contribution in [3.05, 3.63) is 125 Å². The van der Waals surface area contributed by atoms with Gasteiger partial charge in [0.15, 0.2) is 0 Å². The van der Waals surface area contributed by atoms with E-state index >= 15 is 0 Å². The van der Waals surface area contributed by atoms with Gasteiger partial charge in [-0.05, 0) is 102 Å². The van der Waals surface area contributed by atoms with Crippen molar-refractivity contribution in [1.82, 2.24) is 4.90 Å². The lowest BCUT2D eigenvalue weighted by molar-refractivity contribution is -0.138. The second kappa shape index (κ2) is 15.3. The molecule has 4 aromatic carbocycles. The molecule has 0 heterocycles. The van der Waals surface area contributed by atoms with Gasteiger partial charge in [-0.1, -0.05) is 42.5 Å². The standard InChI is InChI=1S/C35H33F4NO5/c36-31-15-10-29(23-45-32-16-11-26(12-17-32)25-8-13-30(14-9-25)35(37,38)39)28(21-31)18-20-40(19-2-1-3-33(41)42)22-24-4-6-27(7-5-24)34(43)44/h4-17,21H,1-3,18-20,22-23H2,(H,41,42)(H,43,44). The molecule has 0 radical (unpaired) electrons. The van der Waals surface area contributed by atoms with Crippen LogP contribution in [-0.2, 0) is 30.5 Å². The molecule has 0 amide bonds. The van der Waals surface area contributed by atoms with Gasteiger partial charge in [0.1, 0.15) is 18.2 Å². The lowest BCUT2D eigenvalue weighted by Gasteiger charge is -2.23. The highest BCUT2D eigenvalue weighted by molar-refractivity contribution is 5.87. The third-order valence-corrected chi connectivity index (χ3v) is 7.38. The van der Waals surface area contributed by atoms with E-state index < -0.39 is 23.7 Å². The molecule has 0 fully saturated rings. The molecule has 0 atom stereocenters. The summed E-state index contributed by atoms with van der Waals surface area (Å²) in [5.41, 5.74) is 3.30. The van der Waals surface area contributed by atoms with Crippen molar-refractivity contribution >= 4 is 11.9 Å². The fourth-order valence-electron chi connectivity index (χ4n) is 4.90. The lowest BCUT2D eigenvalue weighted by atomic mass is 10.0. The predicted molar refractivity (Wildman–Crippen MR) is 161 cm³/mol. The summed E-state index contributed by atoms with van der Waals surface area (Å²) in [7, 11) is 0. The van der Waals surface area contributed by atoms with Crippen LogP contribution >= 0.6 is 0 Å². The molecule has 10 heteroatoms. The zero-order valence-corrected chi connectivity index (χ0v) is 24.4. The lowest BCUT2D eigenvalue weighted by Crippen LogP contribution is -2.27. The van der Waals surface area contributed by atoms with Gasteiger partial charge in [-0.25, -0.2) is 9.18 Å². The van der Waals surface area contributed by atoms with Gasteiger partial charge in [0.25, 0.3) is 0 Å². The molecule has 0 bridgehead atoms. The molecule has 4 aromatic rings. The Morgan fingerprint density at radius 1 is 0.756 bits per heavy atom. The van der Waals surface area contributed by atoms with E-state index in [0.717, 1.165) is 34.4 Å². The van der Waals surface area contributed by atoms with Gasteiger partial charge in [0, 0.05) is 19.5 Å². The zero-order valence-electron chi connectivity index (χ0n) is 24.4. The Balaban J connectivity index is 1.40. The molecule has 0 saturated heterocycles. The monoisotopic (exact) mass is 623 g/mol. The minimum atomic E-state index is -4.40.